The molecule has 0 unspecified atom stereocenters. The van der Waals surface area contributed by atoms with Gasteiger partial charge in [-0.3, -0.25) is 0 Å². The Hall–Kier alpha value is -0.610. The monoisotopic (exact) mass is 218 g/mol. The molecule has 0 radical (unpaired) electrons. The molecule has 0 fully saturated rings. The summed E-state index contributed by atoms with van der Waals surface area (Å²) in [5, 5.41) is 7.73. The lowest BCUT2D eigenvalue weighted by Crippen LogP contribution is -1.93. The molecule has 1 heterocycles. The SMILES string of the molecule is CCCOCc1nnc(CCCCl)o1. The summed E-state index contributed by atoms with van der Waals surface area (Å²) in [7, 11) is 0. The number of rotatable bonds is 7. The molecule has 0 bridgehead atoms. The van der Waals surface area contributed by atoms with Gasteiger partial charge in [-0.05, 0) is 12.8 Å². The molecule has 80 valence electrons. The van der Waals surface area contributed by atoms with Crippen molar-refractivity contribution in [1.29, 1.82) is 0 Å². The molecule has 4 nitrogen and oxygen atoms in total. The van der Waals surface area contributed by atoms with Crippen LogP contribution in [0.3, 0.4) is 0 Å². The Morgan fingerprint density at radius 3 is 2.86 bits per heavy atom. The highest BCUT2D eigenvalue weighted by molar-refractivity contribution is 6.17. The molecule has 0 saturated carbocycles. The molecule has 0 aliphatic carbocycles. The van der Waals surface area contributed by atoms with Gasteiger partial charge in [0.05, 0.1) is 0 Å². The molecule has 0 spiro atoms. The molecule has 0 aliphatic heterocycles. The van der Waals surface area contributed by atoms with Gasteiger partial charge in [-0.25, -0.2) is 0 Å². The van der Waals surface area contributed by atoms with Gasteiger partial charge in [-0.2, -0.15) is 0 Å². The Balaban J connectivity index is 2.27. The maximum atomic E-state index is 5.55. The quantitative estimate of drug-likeness (QED) is 0.520. The third-order valence-electron chi connectivity index (χ3n) is 1.61. The van der Waals surface area contributed by atoms with Crippen molar-refractivity contribution in [1.82, 2.24) is 10.2 Å². The summed E-state index contributed by atoms with van der Waals surface area (Å²) < 4.78 is 10.6. The van der Waals surface area contributed by atoms with Crippen molar-refractivity contribution in [2.45, 2.75) is 32.8 Å². The number of hydrogen-bond donors (Lipinski definition) is 0. The molecule has 0 N–H and O–H groups in total. The number of ether oxygens (including phenoxy) is 1. The fraction of sp³-hybridized carbons (Fsp3) is 0.778. The summed E-state index contributed by atoms with van der Waals surface area (Å²) in [6.07, 6.45) is 2.59. The van der Waals surface area contributed by atoms with Crippen molar-refractivity contribution in [3.63, 3.8) is 0 Å². The van der Waals surface area contributed by atoms with Gasteiger partial charge in [0.25, 0.3) is 0 Å². The average molecular weight is 219 g/mol. The second kappa shape index (κ2) is 6.79. The number of nitrogens with zero attached hydrogens (tertiary/aromatic N) is 2. The zero-order chi connectivity index (χ0) is 10.2. The van der Waals surface area contributed by atoms with Gasteiger partial charge >= 0.3 is 0 Å². The van der Waals surface area contributed by atoms with Crippen molar-refractivity contribution in [2.24, 2.45) is 0 Å². The first kappa shape index (κ1) is 11.5. The summed E-state index contributed by atoms with van der Waals surface area (Å²) in [5.74, 6) is 1.80. The highest BCUT2D eigenvalue weighted by Crippen LogP contribution is 2.04. The predicted molar refractivity (Wildman–Crippen MR) is 53.3 cm³/mol. The predicted octanol–water partition coefficient (Wildman–Crippen LogP) is 2.17. The molecule has 0 atom stereocenters. The van der Waals surface area contributed by atoms with Gasteiger partial charge in [-0.1, -0.05) is 6.92 Å². The largest absolute Gasteiger partial charge is 0.423 e. The van der Waals surface area contributed by atoms with Gasteiger partial charge in [-0.15, -0.1) is 21.8 Å². The van der Waals surface area contributed by atoms with Crippen molar-refractivity contribution < 1.29 is 9.15 Å². The maximum absolute atomic E-state index is 5.55. The first-order valence-corrected chi connectivity index (χ1v) is 5.35. The van der Waals surface area contributed by atoms with E-state index in [0.717, 1.165) is 25.9 Å². The van der Waals surface area contributed by atoms with Crippen molar-refractivity contribution in [3.05, 3.63) is 11.8 Å². The van der Waals surface area contributed by atoms with E-state index in [0.29, 0.717) is 24.3 Å². The zero-order valence-corrected chi connectivity index (χ0v) is 9.09. The molecule has 1 rings (SSSR count). The minimum atomic E-state index is 0.404. The van der Waals surface area contributed by atoms with Crippen LogP contribution in [0.5, 0.6) is 0 Å². The molecule has 1 aromatic heterocycles. The Morgan fingerprint density at radius 1 is 1.36 bits per heavy atom. The van der Waals surface area contributed by atoms with Crippen LogP contribution in [0.1, 0.15) is 31.5 Å². The van der Waals surface area contributed by atoms with E-state index < -0.39 is 0 Å². The molecule has 0 amide bonds. The van der Waals surface area contributed by atoms with Crippen LogP contribution >= 0.6 is 11.6 Å². The maximum Gasteiger partial charge on any atom is 0.242 e. The topological polar surface area (TPSA) is 48.2 Å². The van der Waals surface area contributed by atoms with E-state index in [1.165, 1.54) is 0 Å². The van der Waals surface area contributed by atoms with Gasteiger partial charge in [0.15, 0.2) is 0 Å². The minimum Gasteiger partial charge on any atom is -0.423 e. The molecule has 1 aromatic rings. The van der Waals surface area contributed by atoms with Gasteiger partial charge < -0.3 is 9.15 Å². The smallest absolute Gasteiger partial charge is 0.242 e. The Labute approximate surface area is 88.6 Å². The van der Waals surface area contributed by atoms with E-state index in [2.05, 4.69) is 17.1 Å². The van der Waals surface area contributed by atoms with Crippen molar-refractivity contribution >= 4 is 11.6 Å². The fourth-order valence-corrected chi connectivity index (χ4v) is 1.10. The Bertz CT molecular complexity index is 253. The van der Waals surface area contributed by atoms with Crippen LogP contribution in [0, 0.1) is 0 Å². The zero-order valence-electron chi connectivity index (χ0n) is 8.33. The molecule has 5 heteroatoms. The summed E-state index contributed by atoms with van der Waals surface area (Å²) in [6.45, 7) is 3.18. The van der Waals surface area contributed by atoms with E-state index >= 15 is 0 Å². The summed E-state index contributed by atoms with van der Waals surface area (Å²) in [6, 6.07) is 0. The van der Waals surface area contributed by atoms with Crippen LogP contribution in [-0.2, 0) is 17.8 Å². The van der Waals surface area contributed by atoms with Crippen LogP contribution in [0.2, 0.25) is 0 Å². The number of halogens is 1. The van der Waals surface area contributed by atoms with Crippen LogP contribution < -0.4 is 0 Å². The second-order valence-electron chi connectivity index (χ2n) is 2.93. The van der Waals surface area contributed by atoms with Crippen LogP contribution in [0.15, 0.2) is 4.42 Å². The lowest BCUT2D eigenvalue weighted by Gasteiger charge is -1.96. The second-order valence-corrected chi connectivity index (χ2v) is 3.31. The Kier molecular flexibility index (Phi) is 5.56. The highest BCUT2D eigenvalue weighted by Gasteiger charge is 2.04. The van der Waals surface area contributed by atoms with Crippen LogP contribution in [-0.4, -0.2) is 22.7 Å². The van der Waals surface area contributed by atoms with E-state index in [-0.39, 0.29) is 0 Å². The van der Waals surface area contributed by atoms with Crippen molar-refractivity contribution in [2.75, 3.05) is 12.5 Å². The van der Waals surface area contributed by atoms with Crippen LogP contribution in [0.4, 0.5) is 0 Å². The highest BCUT2D eigenvalue weighted by atomic mass is 35.5. The standard InChI is InChI=1S/C9H15ClN2O2/c1-2-6-13-7-9-12-11-8(14-9)4-3-5-10/h2-7H2,1H3. The minimum absolute atomic E-state index is 0.404. The average Bonchev–Trinajstić information content (AvgIpc) is 2.63. The molecule has 0 aromatic carbocycles. The first-order chi connectivity index (χ1) is 6.86. The molecular formula is C9H15ClN2O2. The number of aryl methyl sites for hydroxylation is 1. The van der Waals surface area contributed by atoms with E-state index in [1.807, 2.05) is 0 Å². The number of alkyl halides is 1. The normalized spacial score (nSPS) is 10.7. The van der Waals surface area contributed by atoms with Gasteiger partial charge in [0, 0.05) is 18.9 Å². The summed E-state index contributed by atoms with van der Waals surface area (Å²) in [5.41, 5.74) is 0. The summed E-state index contributed by atoms with van der Waals surface area (Å²) in [4.78, 5) is 0. The number of hydrogen-bond acceptors (Lipinski definition) is 4. The van der Waals surface area contributed by atoms with E-state index in [4.69, 9.17) is 20.8 Å². The molecular weight excluding hydrogens is 204 g/mol. The summed E-state index contributed by atoms with van der Waals surface area (Å²) >= 11 is 5.55. The van der Waals surface area contributed by atoms with Crippen LogP contribution in [0.25, 0.3) is 0 Å². The van der Waals surface area contributed by atoms with Crippen molar-refractivity contribution in [3.8, 4) is 0 Å². The third kappa shape index (κ3) is 4.07. The van der Waals surface area contributed by atoms with Gasteiger partial charge in [0.1, 0.15) is 6.61 Å². The lowest BCUT2D eigenvalue weighted by molar-refractivity contribution is 0.102. The lowest BCUT2D eigenvalue weighted by atomic mass is 10.3. The van der Waals surface area contributed by atoms with E-state index in [9.17, 15) is 0 Å². The molecule has 14 heavy (non-hydrogen) atoms. The van der Waals surface area contributed by atoms with E-state index in [1.54, 1.807) is 0 Å². The molecule has 0 aliphatic rings. The fourth-order valence-electron chi connectivity index (χ4n) is 0.970. The number of aromatic nitrogens is 2. The first-order valence-electron chi connectivity index (χ1n) is 4.81. The molecule has 0 saturated heterocycles. The Morgan fingerprint density at radius 2 is 2.14 bits per heavy atom. The third-order valence-corrected chi connectivity index (χ3v) is 1.87. The van der Waals surface area contributed by atoms with Gasteiger partial charge in [0.2, 0.25) is 11.8 Å².